The van der Waals surface area contributed by atoms with Crippen LogP contribution in [0.3, 0.4) is 0 Å². The van der Waals surface area contributed by atoms with Gasteiger partial charge in [-0.25, -0.2) is 4.98 Å². The third-order valence-electron chi connectivity index (χ3n) is 7.57. The average molecular weight is 385 g/mol. The summed E-state index contributed by atoms with van der Waals surface area (Å²) in [6.45, 7) is 8.00. The Balaban J connectivity index is 1.25. The first kappa shape index (κ1) is 18.4. The third kappa shape index (κ3) is 3.11. The molecule has 28 heavy (non-hydrogen) atoms. The van der Waals surface area contributed by atoms with E-state index in [-0.39, 0.29) is 11.3 Å². The van der Waals surface area contributed by atoms with E-state index in [1.165, 1.54) is 31.5 Å². The van der Waals surface area contributed by atoms with Gasteiger partial charge in [-0.15, -0.1) is 0 Å². The molecule has 5 rings (SSSR count). The number of aromatic nitrogens is 1. The topological polar surface area (TPSA) is 48.9 Å². The molecule has 0 saturated carbocycles. The molecule has 2 atom stereocenters. The van der Waals surface area contributed by atoms with Crippen molar-refractivity contribution >= 4 is 17.4 Å². The number of hydrogen-bond donors (Lipinski definition) is 0. The van der Waals surface area contributed by atoms with Gasteiger partial charge in [0.15, 0.2) is 0 Å². The maximum absolute atomic E-state index is 13.1. The number of carbonyl (C=O) groups excluding carboxylic acids is 1. The minimum Gasteiger partial charge on any atom is -0.381 e. The van der Waals surface area contributed by atoms with E-state index in [0.717, 1.165) is 50.8 Å². The van der Waals surface area contributed by atoms with Gasteiger partial charge in [-0.05, 0) is 64.1 Å². The summed E-state index contributed by atoms with van der Waals surface area (Å²) in [5, 5.41) is 0. The smallest absolute Gasteiger partial charge is 0.234 e. The minimum absolute atomic E-state index is 0.201. The Morgan fingerprint density at radius 2 is 1.96 bits per heavy atom. The number of hydrogen-bond acceptors (Lipinski definition) is 5. The van der Waals surface area contributed by atoms with Crippen molar-refractivity contribution in [1.82, 2.24) is 9.88 Å². The highest BCUT2D eigenvalue weighted by atomic mass is 16.5. The van der Waals surface area contributed by atoms with Gasteiger partial charge >= 0.3 is 0 Å². The molecule has 0 aromatic carbocycles. The van der Waals surface area contributed by atoms with Gasteiger partial charge in [0.1, 0.15) is 5.82 Å². The Hall–Kier alpha value is -1.66. The van der Waals surface area contributed by atoms with Gasteiger partial charge in [0.05, 0.1) is 17.3 Å². The molecule has 152 valence electrons. The van der Waals surface area contributed by atoms with Crippen LogP contribution in [0.5, 0.6) is 0 Å². The molecule has 5 heterocycles. The predicted molar refractivity (Wildman–Crippen MR) is 110 cm³/mol. The number of ether oxygens (including phenoxy) is 1. The second-order valence-corrected chi connectivity index (χ2v) is 9.09. The van der Waals surface area contributed by atoms with E-state index < -0.39 is 0 Å². The molecule has 1 aromatic rings. The summed E-state index contributed by atoms with van der Waals surface area (Å²) in [6, 6.07) is 5.59. The number of amides is 1. The summed E-state index contributed by atoms with van der Waals surface area (Å²) >= 11 is 0. The maximum atomic E-state index is 13.1. The monoisotopic (exact) mass is 384 g/mol. The van der Waals surface area contributed by atoms with Crippen molar-refractivity contribution in [3.8, 4) is 0 Å². The molecule has 0 N–H and O–H groups in total. The van der Waals surface area contributed by atoms with E-state index in [0.29, 0.717) is 19.3 Å². The SMILES string of the molecule is C[C@H]1CCCN1[C@H]1CCN(c2ccc(N3CCC4(CCOCC4)C3=O)nc2)C1. The zero-order valence-electron chi connectivity index (χ0n) is 17.0. The van der Waals surface area contributed by atoms with Crippen LogP contribution in [-0.2, 0) is 9.53 Å². The molecule has 4 aliphatic heterocycles. The zero-order chi connectivity index (χ0) is 19.1. The van der Waals surface area contributed by atoms with Crippen LogP contribution in [0, 0.1) is 5.41 Å². The van der Waals surface area contributed by atoms with E-state index in [4.69, 9.17) is 4.74 Å². The molecule has 0 aliphatic carbocycles. The van der Waals surface area contributed by atoms with Crippen molar-refractivity contribution in [2.75, 3.05) is 49.2 Å². The lowest BCUT2D eigenvalue weighted by Crippen LogP contribution is -2.39. The van der Waals surface area contributed by atoms with Gasteiger partial charge in [-0.1, -0.05) is 0 Å². The van der Waals surface area contributed by atoms with Crippen LogP contribution < -0.4 is 9.80 Å². The lowest BCUT2D eigenvalue weighted by atomic mass is 9.79. The fourth-order valence-corrected chi connectivity index (χ4v) is 5.74. The number of anilines is 2. The molecule has 4 aliphatic rings. The highest BCUT2D eigenvalue weighted by Gasteiger charge is 2.48. The molecule has 0 radical (unpaired) electrons. The lowest BCUT2D eigenvalue weighted by Gasteiger charge is -2.31. The van der Waals surface area contributed by atoms with Crippen LogP contribution in [-0.4, -0.2) is 67.3 Å². The molecule has 6 heteroatoms. The first-order valence-corrected chi connectivity index (χ1v) is 11.0. The summed E-state index contributed by atoms with van der Waals surface area (Å²) in [4.78, 5) is 24.8. The van der Waals surface area contributed by atoms with Crippen LogP contribution in [0.2, 0.25) is 0 Å². The number of pyridine rings is 1. The Kier molecular flexibility index (Phi) is 4.79. The summed E-state index contributed by atoms with van der Waals surface area (Å²) < 4.78 is 5.47. The van der Waals surface area contributed by atoms with E-state index in [1.807, 2.05) is 17.2 Å². The Morgan fingerprint density at radius 3 is 2.68 bits per heavy atom. The van der Waals surface area contributed by atoms with Crippen LogP contribution in [0.1, 0.15) is 45.4 Å². The van der Waals surface area contributed by atoms with Gasteiger partial charge in [0.2, 0.25) is 5.91 Å². The van der Waals surface area contributed by atoms with E-state index in [9.17, 15) is 4.79 Å². The highest BCUT2D eigenvalue weighted by molar-refractivity contribution is 5.99. The van der Waals surface area contributed by atoms with Crippen molar-refractivity contribution in [3.05, 3.63) is 18.3 Å². The Morgan fingerprint density at radius 1 is 1.11 bits per heavy atom. The number of nitrogens with zero attached hydrogens (tertiary/aromatic N) is 4. The zero-order valence-corrected chi connectivity index (χ0v) is 17.0. The molecular weight excluding hydrogens is 352 g/mol. The molecule has 4 fully saturated rings. The van der Waals surface area contributed by atoms with E-state index in [2.05, 4.69) is 27.8 Å². The Labute approximate surface area is 167 Å². The minimum atomic E-state index is -0.201. The fraction of sp³-hybridized carbons (Fsp3) is 0.727. The predicted octanol–water partition coefficient (Wildman–Crippen LogP) is 2.68. The molecule has 1 aromatic heterocycles. The van der Waals surface area contributed by atoms with Crippen molar-refractivity contribution in [2.45, 2.75) is 57.5 Å². The molecule has 1 amide bonds. The van der Waals surface area contributed by atoms with Crippen molar-refractivity contribution < 1.29 is 9.53 Å². The first-order valence-electron chi connectivity index (χ1n) is 11.0. The fourth-order valence-electron chi connectivity index (χ4n) is 5.74. The second kappa shape index (κ2) is 7.30. The number of carbonyl (C=O) groups is 1. The van der Waals surface area contributed by atoms with Gasteiger partial charge in [-0.2, -0.15) is 0 Å². The lowest BCUT2D eigenvalue weighted by molar-refractivity contribution is -0.130. The van der Waals surface area contributed by atoms with E-state index >= 15 is 0 Å². The van der Waals surface area contributed by atoms with Crippen molar-refractivity contribution in [3.63, 3.8) is 0 Å². The molecule has 1 spiro atoms. The molecule has 6 nitrogen and oxygen atoms in total. The van der Waals surface area contributed by atoms with Crippen molar-refractivity contribution in [2.24, 2.45) is 5.41 Å². The molecule has 4 saturated heterocycles. The first-order chi connectivity index (χ1) is 13.7. The molecule has 0 bridgehead atoms. The van der Waals surface area contributed by atoms with Crippen LogP contribution in [0.15, 0.2) is 18.3 Å². The Bertz CT molecular complexity index is 716. The second-order valence-electron chi connectivity index (χ2n) is 9.09. The summed E-state index contributed by atoms with van der Waals surface area (Å²) in [7, 11) is 0. The summed E-state index contributed by atoms with van der Waals surface area (Å²) in [6.07, 6.45) is 8.51. The average Bonchev–Trinajstić information content (AvgIpc) is 3.44. The normalized spacial score (nSPS) is 30.7. The van der Waals surface area contributed by atoms with Crippen LogP contribution in [0.4, 0.5) is 11.5 Å². The molecule has 0 unspecified atom stereocenters. The van der Waals surface area contributed by atoms with Gasteiger partial charge < -0.3 is 9.64 Å². The summed E-state index contributed by atoms with van der Waals surface area (Å²) in [5.41, 5.74) is 0.984. The quantitative estimate of drug-likeness (QED) is 0.802. The van der Waals surface area contributed by atoms with Gasteiger partial charge in [-0.3, -0.25) is 14.6 Å². The van der Waals surface area contributed by atoms with Gasteiger partial charge in [0.25, 0.3) is 0 Å². The number of likely N-dealkylation sites (tertiary alicyclic amines) is 1. The largest absolute Gasteiger partial charge is 0.381 e. The number of rotatable bonds is 3. The standard InChI is InChI=1S/C22H32N4O2/c1-17-3-2-10-25(17)19-6-11-24(16-19)18-4-5-20(23-15-18)26-12-7-22(21(26)27)8-13-28-14-9-22/h4-5,15,17,19H,2-3,6-14,16H2,1H3/t17-,19-/m0/s1. The third-order valence-corrected chi connectivity index (χ3v) is 7.57. The highest BCUT2D eigenvalue weighted by Crippen LogP contribution is 2.42. The van der Waals surface area contributed by atoms with Crippen LogP contribution in [0.25, 0.3) is 0 Å². The van der Waals surface area contributed by atoms with Crippen LogP contribution >= 0.6 is 0 Å². The van der Waals surface area contributed by atoms with Crippen molar-refractivity contribution in [1.29, 1.82) is 0 Å². The van der Waals surface area contributed by atoms with E-state index in [1.54, 1.807) is 0 Å². The summed E-state index contributed by atoms with van der Waals surface area (Å²) in [5.74, 6) is 1.06. The maximum Gasteiger partial charge on any atom is 0.234 e. The molecular formula is C22H32N4O2. The van der Waals surface area contributed by atoms with Gasteiger partial charge in [0, 0.05) is 44.9 Å².